The Bertz CT molecular complexity index is 1520. The monoisotopic (exact) mass is 988 g/mol. The maximum absolute atomic E-state index is 14.0. The molecule has 0 aromatic heterocycles. The number of hydroxylamine groups is 2. The van der Waals surface area contributed by atoms with Gasteiger partial charge in [-0.2, -0.15) is 0 Å². The van der Waals surface area contributed by atoms with E-state index < -0.39 is 142 Å². The van der Waals surface area contributed by atoms with Crippen molar-refractivity contribution in [2.75, 3.05) is 65.8 Å². The molecule has 0 spiro atoms. The minimum atomic E-state index is -1.75. The fourth-order valence-corrected chi connectivity index (χ4v) is 7.70. The third-order valence-corrected chi connectivity index (χ3v) is 11.8. The maximum Gasteiger partial charge on any atom is 0.333 e. The van der Waals surface area contributed by atoms with E-state index >= 15 is 0 Å². The number of amides is 4. The molecule has 0 aromatic rings. The molecule has 28 heteroatoms. The number of nitrogens with zero attached hydrogens (tertiary/aromatic N) is 2. The SMILES string of the molecule is O=C(CCCCC(=O)ON1C(=O)CCC1=O)NCCCC[C@@H](C(=O)NCCO[C@H]1O[C@H](CO)[C@@H](O)[C@H](O)[C@@H]1O)N(CCO[C@H]1O[C@H](CO)[C@@H](O)[C@H](O)[C@@H]1O)CCO[C@H]1O[C@H](CO)[C@@H](O)[C@H](O)[C@@H]1O. The lowest BCUT2D eigenvalue weighted by atomic mass is 9.99. The normalized spacial score (nSPS) is 33.7. The predicted octanol–water partition coefficient (Wildman–Crippen LogP) is -8.32. The first-order chi connectivity index (χ1) is 32.4. The molecule has 4 amide bonds. The summed E-state index contributed by atoms with van der Waals surface area (Å²) >= 11 is 0. The van der Waals surface area contributed by atoms with Crippen LogP contribution in [0.25, 0.3) is 0 Å². The van der Waals surface area contributed by atoms with Crippen LogP contribution in [0.15, 0.2) is 0 Å². The average Bonchev–Trinajstić information content (AvgIpc) is 3.64. The summed E-state index contributed by atoms with van der Waals surface area (Å²) in [5, 5.41) is 127. The Morgan fingerprint density at radius 2 is 1.01 bits per heavy atom. The second-order valence-corrected chi connectivity index (χ2v) is 16.6. The van der Waals surface area contributed by atoms with Crippen molar-refractivity contribution in [2.24, 2.45) is 0 Å². The van der Waals surface area contributed by atoms with Crippen molar-refractivity contribution in [3.63, 3.8) is 0 Å². The number of carbonyl (C=O) groups is 5. The smallest absolute Gasteiger partial charge is 0.333 e. The highest BCUT2D eigenvalue weighted by molar-refractivity contribution is 6.01. The summed E-state index contributed by atoms with van der Waals surface area (Å²) in [6.07, 6.45) is -22.6. The van der Waals surface area contributed by atoms with E-state index in [9.17, 15) is 85.3 Å². The van der Waals surface area contributed by atoms with Gasteiger partial charge in [0.25, 0.3) is 11.8 Å². The maximum atomic E-state index is 14.0. The molecule has 4 heterocycles. The topological polar surface area (TPSA) is 423 Å². The molecule has 28 nitrogen and oxygen atoms in total. The van der Waals surface area contributed by atoms with Gasteiger partial charge in [-0.25, -0.2) is 4.79 Å². The number of nitrogens with one attached hydrogen (secondary N) is 2. The minimum absolute atomic E-state index is 0.0434. The van der Waals surface area contributed by atoms with Gasteiger partial charge in [-0.15, -0.1) is 5.06 Å². The van der Waals surface area contributed by atoms with Gasteiger partial charge in [0.15, 0.2) is 18.9 Å². The molecule has 0 aliphatic carbocycles. The Kier molecular flexibility index (Phi) is 24.1. The standard InChI is InChI=1S/C40H68N4O24/c45-17-21-28(52)31(55)34(58)38(65-21)62-14-11-42-37(61)20(5-3-4-10-41-24(48)6-1-2-7-27(51)68-44-25(49)8-9-26(44)50)43(12-15-63-39-35(59)32(56)29(53)22(18-46)66-39)13-16-64-40-36(60)33(57)30(54)23(19-47)67-40/h20-23,28-36,38-40,45-47,52-60H,1-19H2,(H,41,48)(H,42,61)/t20-,21+,22+,23+,28+,29+,30+,31-,32-,33-,34-,35-,36-,38-,39-,40-/m0/s1. The number of unbranched alkanes of at least 4 members (excludes halogenated alkanes) is 2. The Morgan fingerprint density at radius 3 is 1.47 bits per heavy atom. The second kappa shape index (κ2) is 28.6. The summed E-state index contributed by atoms with van der Waals surface area (Å²) < 4.78 is 33.1. The van der Waals surface area contributed by atoms with E-state index in [0.29, 0.717) is 17.9 Å². The van der Waals surface area contributed by atoms with E-state index in [2.05, 4.69) is 10.6 Å². The molecule has 0 saturated carbocycles. The highest BCUT2D eigenvalue weighted by Crippen LogP contribution is 2.25. The number of aliphatic hydroxyl groups excluding tert-OH is 12. The minimum Gasteiger partial charge on any atom is -0.394 e. The fraction of sp³-hybridized carbons (Fsp3) is 0.875. The molecule has 0 aromatic carbocycles. The van der Waals surface area contributed by atoms with Gasteiger partial charge in [0.2, 0.25) is 11.8 Å². The van der Waals surface area contributed by atoms with Gasteiger partial charge in [-0.3, -0.25) is 24.1 Å². The van der Waals surface area contributed by atoms with Crippen LogP contribution in [-0.2, 0) is 57.2 Å². The second-order valence-electron chi connectivity index (χ2n) is 16.6. The van der Waals surface area contributed by atoms with Crippen LogP contribution in [0.5, 0.6) is 0 Å². The molecule has 4 fully saturated rings. The van der Waals surface area contributed by atoms with Crippen molar-refractivity contribution >= 4 is 29.6 Å². The summed E-state index contributed by atoms with van der Waals surface area (Å²) in [5.74, 6) is -2.95. The van der Waals surface area contributed by atoms with Crippen LogP contribution in [0, 0.1) is 0 Å². The number of rotatable bonds is 28. The van der Waals surface area contributed by atoms with Gasteiger partial charge < -0.3 is 105 Å². The lowest BCUT2D eigenvalue weighted by Crippen LogP contribution is -2.60. The zero-order chi connectivity index (χ0) is 50.1. The van der Waals surface area contributed by atoms with E-state index in [1.54, 1.807) is 4.90 Å². The third kappa shape index (κ3) is 16.2. The van der Waals surface area contributed by atoms with Gasteiger partial charge in [0.1, 0.15) is 73.2 Å². The average molecular weight is 989 g/mol. The third-order valence-electron chi connectivity index (χ3n) is 11.8. The van der Waals surface area contributed by atoms with E-state index in [0.717, 1.165) is 0 Å². The largest absolute Gasteiger partial charge is 0.394 e. The van der Waals surface area contributed by atoms with Crippen LogP contribution in [0.1, 0.15) is 57.8 Å². The van der Waals surface area contributed by atoms with Crippen molar-refractivity contribution in [1.29, 1.82) is 0 Å². The summed E-state index contributed by atoms with van der Waals surface area (Å²) in [6.45, 7) is -3.38. The summed E-state index contributed by atoms with van der Waals surface area (Å²) in [4.78, 5) is 68.4. The van der Waals surface area contributed by atoms with Gasteiger partial charge >= 0.3 is 5.97 Å². The van der Waals surface area contributed by atoms with Gasteiger partial charge in [-0.05, 0) is 32.1 Å². The van der Waals surface area contributed by atoms with Gasteiger partial charge in [-0.1, -0.05) is 0 Å². The molecule has 392 valence electrons. The van der Waals surface area contributed by atoms with Crippen LogP contribution in [0.4, 0.5) is 0 Å². The molecular weight excluding hydrogens is 920 g/mol. The molecule has 0 unspecified atom stereocenters. The molecule has 0 bridgehead atoms. The molecule has 4 aliphatic rings. The highest BCUT2D eigenvalue weighted by Gasteiger charge is 2.46. The zero-order valence-corrected chi connectivity index (χ0v) is 37.3. The molecule has 4 rings (SSSR count). The number of carbonyl (C=O) groups excluding carboxylic acids is 5. The van der Waals surface area contributed by atoms with Crippen LogP contribution in [0.3, 0.4) is 0 Å². The number of imide groups is 1. The van der Waals surface area contributed by atoms with Crippen molar-refractivity contribution in [2.45, 2.75) is 156 Å². The molecule has 4 saturated heterocycles. The zero-order valence-electron chi connectivity index (χ0n) is 37.3. The Hall–Kier alpha value is -3.21. The summed E-state index contributed by atoms with van der Waals surface area (Å²) in [6, 6.07) is -1.05. The Balaban J connectivity index is 1.39. The first-order valence-corrected chi connectivity index (χ1v) is 22.5. The van der Waals surface area contributed by atoms with Crippen molar-refractivity contribution < 1.29 is 119 Å². The predicted molar refractivity (Wildman–Crippen MR) is 220 cm³/mol. The number of ether oxygens (including phenoxy) is 6. The summed E-state index contributed by atoms with van der Waals surface area (Å²) in [5.41, 5.74) is 0. The van der Waals surface area contributed by atoms with Crippen molar-refractivity contribution in [3.8, 4) is 0 Å². The van der Waals surface area contributed by atoms with Crippen LogP contribution < -0.4 is 10.6 Å². The van der Waals surface area contributed by atoms with E-state index in [1.807, 2.05) is 0 Å². The van der Waals surface area contributed by atoms with Gasteiger partial charge in [0, 0.05) is 51.9 Å². The molecule has 14 N–H and O–H groups in total. The van der Waals surface area contributed by atoms with Gasteiger partial charge in [0.05, 0.1) is 45.7 Å². The molecule has 0 radical (unpaired) electrons. The number of hydrogen-bond donors (Lipinski definition) is 14. The van der Waals surface area contributed by atoms with E-state index in [4.69, 9.17) is 33.3 Å². The fourth-order valence-electron chi connectivity index (χ4n) is 7.70. The lowest BCUT2D eigenvalue weighted by molar-refractivity contribution is -0.303. The molecular formula is C40H68N4O24. The Morgan fingerprint density at radius 1 is 0.574 bits per heavy atom. The number of hydrogen-bond acceptors (Lipinski definition) is 25. The van der Waals surface area contributed by atoms with Crippen molar-refractivity contribution in [3.05, 3.63) is 0 Å². The highest BCUT2D eigenvalue weighted by atomic mass is 16.7. The van der Waals surface area contributed by atoms with E-state index in [1.165, 1.54) is 0 Å². The first-order valence-electron chi connectivity index (χ1n) is 22.5. The molecule has 16 atom stereocenters. The molecule has 68 heavy (non-hydrogen) atoms. The Labute approximate surface area is 390 Å². The summed E-state index contributed by atoms with van der Waals surface area (Å²) in [7, 11) is 0. The lowest BCUT2D eigenvalue weighted by Gasteiger charge is -2.40. The number of aliphatic hydroxyl groups is 12. The van der Waals surface area contributed by atoms with Crippen LogP contribution >= 0.6 is 0 Å². The first kappa shape index (κ1) is 57.4. The van der Waals surface area contributed by atoms with Crippen LogP contribution in [-0.4, -0.2) is 265 Å². The van der Waals surface area contributed by atoms with Crippen LogP contribution in [0.2, 0.25) is 0 Å². The van der Waals surface area contributed by atoms with E-state index in [-0.39, 0.29) is 96.9 Å². The molecule has 4 aliphatic heterocycles. The quantitative estimate of drug-likeness (QED) is 0.0256. The van der Waals surface area contributed by atoms with Crippen molar-refractivity contribution in [1.82, 2.24) is 20.6 Å².